The molecule has 14 heavy (non-hydrogen) atoms. The Morgan fingerprint density at radius 3 is 2.57 bits per heavy atom. The van der Waals surface area contributed by atoms with E-state index in [1.165, 1.54) is 6.92 Å². The maximum atomic E-state index is 10.7. The normalized spacial score (nSPS) is 9.86. The number of carbonyl (C=O) groups is 2. The van der Waals surface area contributed by atoms with Gasteiger partial charge in [-0.15, -0.1) is 0 Å². The molecule has 0 unspecified atom stereocenters. The number of carboxylic acids is 1. The quantitative estimate of drug-likeness (QED) is 0.662. The molecule has 6 nitrogen and oxygen atoms in total. The molecule has 0 bridgehead atoms. The number of nitrogens with one attached hydrogen (secondary N) is 2. The third kappa shape index (κ3) is 2.09. The molecule has 0 aliphatic rings. The Balaban J connectivity index is 3.00. The van der Waals surface area contributed by atoms with Crippen molar-refractivity contribution in [1.29, 1.82) is 0 Å². The van der Waals surface area contributed by atoms with Gasteiger partial charge in [0.1, 0.15) is 0 Å². The van der Waals surface area contributed by atoms with Gasteiger partial charge in [0, 0.05) is 6.92 Å². The van der Waals surface area contributed by atoms with Crippen molar-refractivity contribution in [2.45, 2.75) is 20.3 Å². The topological polar surface area (TPSA) is 95.1 Å². The first-order chi connectivity index (χ1) is 6.54. The SMILES string of the molecule is CCc1[nH]c(NC(C)=O)nc1C(=O)O. The minimum absolute atomic E-state index is 0.0451. The highest BCUT2D eigenvalue weighted by molar-refractivity contribution is 5.90. The number of amides is 1. The van der Waals surface area contributed by atoms with Gasteiger partial charge in [0.05, 0.1) is 5.69 Å². The van der Waals surface area contributed by atoms with Gasteiger partial charge in [-0.25, -0.2) is 9.78 Å². The number of hydrogen-bond acceptors (Lipinski definition) is 3. The van der Waals surface area contributed by atoms with Crippen LogP contribution in [0.2, 0.25) is 0 Å². The van der Waals surface area contributed by atoms with E-state index in [9.17, 15) is 9.59 Å². The molecule has 0 aromatic carbocycles. The highest BCUT2D eigenvalue weighted by Crippen LogP contribution is 2.10. The van der Waals surface area contributed by atoms with Crippen LogP contribution in [-0.4, -0.2) is 27.0 Å². The van der Waals surface area contributed by atoms with E-state index in [0.29, 0.717) is 12.1 Å². The Kier molecular flexibility index (Phi) is 2.85. The van der Waals surface area contributed by atoms with Gasteiger partial charge < -0.3 is 10.1 Å². The Hall–Kier alpha value is -1.85. The van der Waals surface area contributed by atoms with Crippen molar-refractivity contribution in [3.05, 3.63) is 11.4 Å². The highest BCUT2D eigenvalue weighted by atomic mass is 16.4. The first kappa shape index (κ1) is 10.2. The lowest BCUT2D eigenvalue weighted by Gasteiger charge is -1.93. The van der Waals surface area contributed by atoms with Gasteiger partial charge in [-0.1, -0.05) is 6.92 Å². The van der Waals surface area contributed by atoms with E-state index in [1.807, 2.05) is 0 Å². The zero-order valence-electron chi connectivity index (χ0n) is 7.92. The van der Waals surface area contributed by atoms with Gasteiger partial charge in [-0.2, -0.15) is 0 Å². The Morgan fingerprint density at radius 2 is 2.21 bits per heavy atom. The minimum atomic E-state index is -1.10. The standard InChI is InChI=1S/C8H11N3O3/c1-3-5-6(7(13)14)11-8(10-5)9-4(2)12/h3H2,1-2H3,(H,13,14)(H2,9,10,11,12). The second-order valence-corrected chi connectivity index (χ2v) is 2.75. The number of aryl methyl sites for hydroxylation is 1. The molecule has 0 aliphatic carbocycles. The smallest absolute Gasteiger partial charge is 0.356 e. The van der Waals surface area contributed by atoms with Gasteiger partial charge >= 0.3 is 5.97 Å². The van der Waals surface area contributed by atoms with Crippen LogP contribution in [0, 0.1) is 0 Å². The summed E-state index contributed by atoms with van der Waals surface area (Å²) in [5.41, 5.74) is 0.456. The average molecular weight is 197 g/mol. The summed E-state index contributed by atoms with van der Waals surface area (Å²) >= 11 is 0. The summed E-state index contributed by atoms with van der Waals surface area (Å²) in [6, 6.07) is 0. The predicted octanol–water partition coefficient (Wildman–Crippen LogP) is 0.629. The molecule has 0 aliphatic heterocycles. The second-order valence-electron chi connectivity index (χ2n) is 2.75. The van der Waals surface area contributed by atoms with Crippen LogP contribution < -0.4 is 5.32 Å². The van der Waals surface area contributed by atoms with Crippen LogP contribution in [-0.2, 0) is 11.2 Å². The highest BCUT2D eigenvalue weighted by Gasteiger charge is 2.15. The van der Waals surface area contributed by atoms with Crippen molar-refractivity contribution >= 4 is 17.8 Å². The lowest BCUT2D eigenvalue weighted by Crippen LogP contribution is -2.07. The van der Waals surface area contributed by atoms with Crippen LogP contribution in [0.15, 0.2) is 0 Å². The Labute approximate surface area is 80.4 Å². The zero-order chi connectivity index (χ0) is 10.7. The maximum absolute atomic E-state index is 10.7. The van der Waals surface area contributed by atoms with Gasteiger partial charge in [0.2, 0.25) is 11.9 Å². The average Bonchev–Trinajstić information content (AvgIpc) is 2.46. The third-order valence-electron chi connectivity index (χ3n) is 1.63. The van der Waals surface area contributed by atoms with Gasteiger partial charge in [0.25, 0.3) is 0 Å². The molecule has 1 aromatic heterocycles. The van der Waals surface area contributed by atoms with Crippen molar-refractivity contribution in [2.24, 2.45) is 0 Å². The van der Waals surface area contributed by atoms with Crippen molar-refractivity contribution in [3.63, 3.8) is 0 Å². The number of anilines is 1. The number of aromatic carboxylic acids is 1. The molecule has 0 fully saturated rings. The second kappa shape index (κ2) is 3.91. The predicted molar refractivity (Wildman–Crippen MR) is 49.2 cm³/mol. The first-order valence-electron chi connectivity index (χ1n) is 4.14. The number of imidazole rings is 1. The van der Waals surface area contributed by atoms with Crippen molar-refractivity contribution in [1.82, 2.24) is 9.97 Å². The van der Waals surface area contributed by atoms with E-state index >= 15 is 0 Å². The van der Waals surface area contributed by atoms with Gasteiger partial charge in [0.15, 0.2) is 5.69 Å². The summed E-state index contributed by atoms with van der Waals surface area (Å²) in [4.78, 5) is 27.8. The summed E-state index contributed by atoms with van der Waals surface area (Å²) in [6.07, 6.45) is 0.522. The number of aromatic amines is 1. The van der Waals surface area contributed by atoms with Crippen molar-refractivity contribution in [3.8, 4) is 0 Å². The number of H-pyrrole nitrogens is 1. The lowest BCUT2D eigenvalue weighted by molar-refractivity contribution is -0.114. The maximum Gasteiger partial charge on any atom is 0.356 e. The molecule has 1 rings (SSSR count). The third-order valence-corrected chi connectivity index (χ3v) is 1.63. The first-order valence-corrected chi connectivity index (χ1v) is 4.14. The number of aromatic nitrogens is 2. The number of carbonyl (C=O) groups excluding carboxylic acids is 1. The van der Waals surface area contributed by atoms with Gasteiger partial charge in [-0.05, 0) is 6.42 Å². The fourth-order valence-corrected chi connectivity index (χ4v) is 1.07. The molecule has 1 amide bonds. The molecule has 76 valence electrons. The monoisotopic (exact) mass is 197 g/mol. The van der Waals surface area contributed by atoms with Crippen molar-refractivity contribution in [2.75, 3.05) is 5.32 Å². The van der Waals surface area contributed by atoms with Crippen LogP contribution in [0.4, 0.5) is 5.95 Å². The lowest BCUT2D eigenvalue weighted by atomic mass is 10.3. The molecule has 3 N–H and O–H groups in total. The van der Waals surface area contributed by atoms with Gasteiger partial charge in [-0.3, -0.25) is 10.1 Å². The molecular weight excluding hydrogens is 186 g/mol. The van der Waals surface area contributed by atoms with E-state index in [1.54, 1.807) is 6.92 Å². The molecule has 1 aromatic rings. The molecular formula is C8H11N3O3. The van der Waals surface area contributed by atoms with E-state index in [4.69, 9.17) is 5.11 Å². The summed E-state index contributed by atoms with van der Waals surface area (Å²) in [6.45, 7) is 3.13. The molecule has 0 spiro atoms. The number of nitrogens with zero attached hydrogens (tertiary/aromatic N) is 1. The molecule has 0 saturated carbocycles. The summed E-state index contributed by atoms with van der Waals surface area (Å²) in [5.74, 6) is -1.22. The number of carboxylic acid groups (broad SMARTS) is 1. The van der Waals surface area contributed by atoms with E-state index in [0.717, 1.165) is 0 Å². The van der Waals surface area contributed by atoms with Crippen LogP contribution >= 0.6 is 0 Å². The summed E-state index contributed by atoms with van der Waals surface area (Å²) < 4.78 is 0. The summed E-state index contributed by atoms with van der Waals surface area (Å²) in [7, 11) is 0. The van der Waals surface area contributed by atoms with Crippen LogP contribution in [0.25, 0.3) is 0 Å². The van der Waals surface area contributed by atoms with Crippen LogP contribution in [0.3, 0.4) is 0 Å². The van der Waals surface area contributed by atoms with E-state index in [2.05, 4.69) is 15.3 Å². The number of rotatable bonds is 3. The number of hydrogen-bond donors (Lipinski definition) is 3. The van der Waals surface area contributed by atoms with Crippen LogP contribution in [0.5, 0.6) is 0 Å². The van der Waals surface area contributed by atoms with E-state index in [-0.39, 0.29) is 17.5 Å². The minimum Gasteiger partial charge on any atom is -0.476 e. The van der Waals surface area contributed by atoms with Crippen molar-refractivity contribution < 1.29 is 14.7 Å². The molecule has 1 heterocycles. The van der Waals surface area contributed by atoms with Crippen LogP contribution in [0.1, 0.15) is 30.0 Å². The zero-order valence-corrected chi connectivity index (χ0v) is 7.92. The molecule has 0 radical (unpaired) electrons. The largest absolute Gasteiger partial charge is 0.476 e. The molecule has 0 atom stereocenters. The Bertz CT molecular complexity index is 370. The fourth-order valence-electron chi connectivity index (χ4n) is 1.07. The Morgan fingerprint density at radius 1 is 1.57 bits per heavy atom. The molecule has 0 saturated heterocycles. The van der Waals surface area contributed by atoms with E-state index < -0.39 is 5.97 Å². The molecule has 6 heteroatoms. The fraction of sp³-hybridized carbons (Fsp3) is 0.375. The summed E-state index contributed by atoms with van der Waals surface area (Å²) in [5, 5.41) is 11.1.